The SMILES string of the molecule is CCCCCCCCCCC[C-]=O.O=C(O)C(O)C(O)C(O)C(O)CO.[Na+]. The minimum atomic E-state index is -2.20. The molecule has 0 aromatic rings. The smallest absolute Gasteiger partial charge is 0.542 e. The zero-order chi connectivity index (χ0) is 20.4. The van der Waals surface area contributed by atoms with E-state index in [1.54, 1.807) is 0 Å². The Morgan fingerprint density at radius 2 is 1.30 bits per heavy atom. The molecule has 156 valence electrons. The maximum Gasteiger partial charge on any atom is 1.00 e. The van der Waals surface area contributed by atoms with Crippen LogP contribution in [0.3, 0.4) is 0 Å². The zero-order valence-corrected chi connectivity index (χ0v) is 18.6. The van der Waals surface area contributed by atoms with Crippen LogP contribution in [0.25, 0.3) is 0 Å². The van der Waals surface area contributed by atoms with E-state index in [1.165, 1.54) is 51.4 Å². The molecule has 0 aliphatic rings. The van der Waals surface area contributed by atoms with Crippen molar-refractivity contribution in [1.82, 2.24) is 0 Å². The number of carboxylic acids is 1. The molecule has 8 nitrogen and oxygen atoms in total. The Balaban J connectivity index is -0.000000411. The summed E-state index contributed by atoms with van der Waals surface area (Å²) in [4.78, 5) is 20.0. The number of aliphatic hydroxyl groups is 5. The number of aliphatic hydroxyl groups excluding tert-OH is 5. The molecule has 0 rings (SSSR count). The molecule has 0 fully saturated rings. The van der Waals surface area contributed by atoms with Crippen LogP contribution in [0.15, 0.2) is 0 Å². The first-order valence-corrected chi connectivity index (χ1v) is 9.24. The van der Waals surface area contributed by atoms with E-state index in [4.69, 9.17) is 30.6 Å². The van der Waals surface area contributed by atoms with Crippen molar-refractivity contribution in [2.24, 2.45) is 0 Å². The van der Waals surface area contributed by atoms with Gasteiger partial charge in [-0.3, -0.25) is 6.29 Å². The summed E-state index contributed by atoms with van der Waals surface area (Å²) in [5, 5.41) is 51.8. The topological polar surface area (TPSA) is 156 Å². The monoisotopic (exact) mass is 402 g/mol. The van der Waals surface area contributed by atoms with Crippen LogP contribution in [-0.4, -0.2) is 73.9 Å². The summed E-state index contributed by atoms with van der Waals surface area (Å²) in [7, 11) is 0. The van der Waals surface area contributed by atoms with Gasteiger partial charge in [0.15, 0.2) is 6.10 Å². The number of hydrogen-bond acceptors (Lipinski definition) is 7. The molecule has 0 spiro atoms. The third-order valence-electron chi connectivity index (χ3n) is 3.89. The van der Waals surface area contributed by atoms with E-state index in [-0.39, 0.29) is 29.6 Å². The number of aliphatic carboxylic acids is 1. The van der Waals surface area contributed by atoms with Gasteiger partial charge in [-0.15, -0.1) is 0 Å². The Hall–Kier alpha value is -0.0600. The van der Waals surface area contributed by atoms with Crippen LogP contribution in [-0.2, 0) is 9.59 Å². The summed E-state index contributed by atoms with van der Waals surface area (Å²) in [5.74, 6) is -1.73. The van der Waals surface area contributed by atoms with Crippen LogP contribution in [0.2, 0.25) is 0 Å². The predicted octanol–water partition coefficient (Wildman–Crippen LogP) is -2.47. The first-order valence-electron chi connectivity index (χ1n) is 9.24. The van der Waals surface area contributed by atoms with Gasteiger partial charge < -0.3 is 35.4 Å². The molecule has 0 radical (unpaired) electrons. The molecular formula is C18H35NaO8. The minimum Gasteiger partial charge on any atom is -0.542 e. The molecule has 0 aliphatic heterocycles. The Bertz CT molecular complexity index is 343. The second-order valence-electron chi connectivity index (χ2n) is 6.24. The molecule has 0 heterocycles. The maximum absolute atomic E-state index is 10.1. The number of hydrogen-bond donors (Lipinski definition) is 6. The van der Waals surface area contributed by atoms with Crippen molar-refractivity contribution < 1.29 is 69.8 Å². The van der Waals surface area contributed by atoms with Gasteiger partial charge in [-0.1, -0.05) is 64.7 Å². The molecule has 0 aliphatic carbocycles. The van der Waals surface area contributed by atoms with E-state index in [0.717, 1.165) is 6.42 Å². The van der Waals surface area contributed by atoms with Gasteiger partial charge in [0.2, 0.25) is 0 Å². The van der Waals surface area contributed by atoms with Gasteiger partial charge in [0.1, 0.15) is 18.3 Å². The van der Waals surface area contributed by atoms with E-state index in [2.05, 4.69) is 6.92 Å². The van der Waals surface area contributed by atoms with Crippen LogP contribution < -0.4 is 29.6 Å². The molecule has 0 saturated heterocycles. The van der Waals surface area contributed by atoms with Crippen LogP contribution in [0.4, 0.5) is 0 Å². The number of unbranched alkanes of at least 4 members (excludes halogenated alkanes) is 9. The summed E-state index contributed by atoms with van der Waals surface area (Å²) in [6.07, 6.45) is 6.53. The van der Waals surface area contributed by atoms with Crippen molar-refractivity contribution in [3.8, 4) is 0 Å². The first-order chi connectivity index (χ1) is 12.3. The molecular weight excluding hydrogens is 367 g/mol. The fraction of sp³-hybridized carbons (Fsp3) is 0.889. The number of carbonyl (C=O) groups is 1. The maximum atomic E-state index is 10.1. The predicted molar refractivity (Wildman–Crippen MR) is 96.3 cm³/mol. The normalized spacial score (nSPS) is 14.7. The first kappa shape index (κ1) is 31.6. The Morgan fingerprint density at radius 3 is 1.67 bits per heavy atom. The van der Waals surface area contributed by atoms with Gasteiger partial charge >= 0.3 is 35.5 Å². The van der Waals surface area contributed by atoms with E-state index < -0.39 is 37.0 Å². The van der Waals surface area contributed by atoms with Gasteiger partial charge in [0, 0.05) is 0 Å². The van der Waals surface area contributed by atoms with Crippen molar-refractivity contribution in [1.29, 1.82) is 0 Å². The van der Waals surface area contributed by atoms with Crippen molar-refractivity contribution in [2.75, 3.05) is 6.61 Å². The van der Waals surface area contributed by atoms with Gasteiger partial charge in [-0.2, -0.15) is 6.42 Å². The molecule has 0 aromatic carbocycles. The van der Waals surface area contributed by atoms with Crippen LogP contribution in [0, 0.1) is 0 Å². The zero-order valence-electron chi connectivity index (χ0n) is 16.6. The standard InChI is InChI=1S/C12H23O.C6H12O7.Na/c1-2-3-4-5-6-7-8-9-10-11-12-13;7-1-2(8)3(9)4(10)5(11)6(12)13;/h2-11H2,1H3;2-5,7-11H,1H2,(H,12,13);/q-1;;+1. The quantitative estimate of drug-likeness (QED) is 0.1000. The fourth-order valence-electron chi connectivity index (χ4n) is 2.18. The summed E-state index contributed by atoms with van der Waals surface area (Å²) in [6.45, 7) is 1.40. The van der Waals surface area contributed by atoms with Gasteiger partial charge in [0.25, 0.3) is 0 Å². The molecule has 4 atom stereocenters. The Labute approximate surface area is 183 Å². The van der Waals surface area contributed by atoms with Crippen LogP contribution in [0.1, 0.15) is 71.1 Å². The van der Waals surface area contributed by atoms with E-state index in [9.17, 15) is 9.59 Å². The van der Waals surface area contributed by atoms with Gasteiger partial charge in [-0.25, -0.2) is 4.79 Å². The molecule has 27 heavy (non-hydrogen) atoms. The molecule has 0 saturated carbocycles. The second-order valence-corrected chi connectivity index (χ2v) is 6.24. The van der Waals surface area contributed by atoms with Crippen molar-refractivity contribution in [2.45, 2.75) is 95.5 Å². The Kier molecular flexibility index (Phi) is 26.0. The molecule has 9 heteroatoms. The summed E-state index contributed by atoms with van der Waals surface area (Å²) in [5.41, 5.74) is 0. The number of carbonyl (C=O) groups excluding carboxylic acids is 1. The Morgan fingerprint density at radius 1 is 0.852 bits per heavy atom. The minimum absolute atomic E-state index is 0. The van der Waals surface area contributed by atoms with E-state index in [1.807, 2.05) is 6.29 Å². The molecule has 6 N–H and O–H groups in total. The van der Waals surface area contributed by atoms with Gasteiger partial charge in [-0.05, 0) is 0 Å². The number of rotatable bonds is 15. The third kappa shape index (κ3) is 19.0. The van der Waals surface area contributed by atoms with E-state index >= 15 is 0 Å². The fourth-order valence-corrected chi connectivity index (χ4v) is 2.18. The second kappa shape index (κ2) is 22.2. The summed E-state index contributed by atoms with van der Waals surface area (Å²) < 4.78 is 0. The van der Waals surface area contributed by atoms with Crippen molar-refractivity contribution >= 4 is 12.3 Å². The van der Waals surface area contributed by atoms with Crippen LogP contribution in [0.5, 0.6) is 0 Å². The molecule has 4 unspecified atom stereocenters. The van der Waals surface area contributed by atoms with Crippen molar-refractivity contribution in [3.63, 3.8) is 0 Å². The average molecular weight is 402 g/mol. The summed E-state index contributed by atoms with van der Waals surface area (Å²) >= 11 is 0. The largest absolute Gasteiger partial charge is 1.00 e. The molecule has 0 aromatic heterocycles. The molecule has 0 bridgehead atoms. The summed E-state index contributed by atoms with van der Waals surface area (Å²) in [6, 6.07) is 0. The van der Waals surface area contributed by atoms with Crippen molar-refractivity contribution in [3.05, 3.63) is 0 Å². The van der Waals surface area contributed by atoms with Crippen LogP contribution >= 0.6 is 0 Å². The third-order valence-corrected chi connectivity index (χ3v) is 3.89. The number of carboxylic acid groups (broad SMARTS) is 1. The average Bonchev–Trinajstić information content (AvgIpc) is 2.64. The van der Waals surface area contributed by atoms with Gasteiger partial charge in [0.05, 0.1) is 6.61 Å². The molecule has 0 amide bonds. The van der Waals surface area contributed by atoms with E-state index in [0.29, 0.717) is 6.42 Å².